The first-order chi connectivity index (χ1) is 8.68. The molecule has 1 heterocycles. The van der Waals surface area contributed by atoms with Crippen LogP contribution < -0.4 is 5.73 Å². The van der Waals surface area contributed by atoms with Crippen LogP contribution in [0.4, 0.5) is 0 Å². The Balaban J connectivity index is 2.04. The Labute approximate surface area is 117 Å². The smallest absolute Gasteiger partial charge is 0.0640 e. The van der Waals surface area contributed by atoms with E-state index in [1.54, 1.807) is 12.3 Å². The summed E-state index contributed by atoms with van der Waals surface area (Å²) in [4.78, 5) is 4.08. The zero-order valence-electron chi connectivity index (χ0n) is 9.81. The van der Waals surface area contributed by atoms with Crippen molar-refractivity contribution in [3.8, 4) is 0 Å². The summed E-state index contributed by atoms with van der Waals surface area (Å²) in [5.41, 5.74) is 8.22. The number of aromatic nitrogens is 1. The van der Waals surface area contributed by atoms with Gasteiger partial charge in [0.1, 0.15) is 0 Å². The zero-order valence-corrected chi connectivity index (χ0v) is 11.3. The summed E-state index contributed by atoms with van der Waals surface area (Å²) in [6.07, 6.45) is 5.30. The van der Waals surface area contributed by atoms with Crippen molar-refractivity contribution in [2.24, 2.45) is 5.73 Å². The number of aryl methyl sites for hydroxylation is 1. The maximum atomic E-state index is 6.15. The quantitative estimate of drug-likeness (QED) is 0.919. The van der Waals surface area contributed by atoms with E-state index >= 15 is 0 Å². The van der Waals surface area contributed by atoms with Gasteiger partial charge in [0.2, 0.25) is 0 Å². The summed E-state index contributed by atoms with van der Waals surface area (Å²) in [6.45, 7) is 0. The standard InChI is InChI=1S/C14H14Cl2N2/c15-12-5-1-4-11(14(12)16)13(17)7-6-10-3-2-8-18-9-10/h1-5,8-9,13H,6-7,17H2. The Morgan fingerprint density at radius 1 is 1.17 bits per heavy atom. The number of nitrogens with two attached hydrogens (primary N) is 1. The average Bonchev–Trinajstić information content (AvgIpc) is 2.40. The van der Waals surface area contributed by atoms with E-state index in [0.717, 1.165) is 18.4 Å². The minimum atomic E-state index is -0.114. The van der Waals surface area contributed by atoms with Crippen LogP contribution in [0.15, 0.2) is 42.7 Å². The lowest BCUT2D eigenvalue weighted by Gasteiger charge is -2.14. The van der Waals surface area contributed by atoms with Crippen LogP contribution in [-0.4, -0.2) is 4.98 Å². The molecular weight excluding hydrogens is 267 g/mol. The second-order valence-electron chi connectivity index (χ2n) is 4.15. The molecular formula is C14H14Cl2N2. The van der Waals surface area contributed by atoms with Gasteiger partial charge < -0.3 is 5.73 Å². The summed E-state index contributed by atoms with van der Waals surface area (Å²) >= 11 is 12.1. The molecule has 0 bridgehead atoms. The molecule has 0 saturated heterocycles. The third kappa shape index (κ3) is 3.22. The van der Waals surface area contributed by atoms with Gasteiger partial charge in [-0.3, -0.25) is 4.98 Å². The van der Waals surface area contributed by atoms with Crippen molar-refractivity contribution in [3.63, 3.8) is 0 Å². The second-order valence-corrected chi connectivity index (χ2v) is 4.93. The fourth-order valence-electron chi connectivity index (χ4n) is 1.83. The van der Waals surface area contributed by atoms with Gasteiger partial charge >= 0.3 is 0 Å². The van der Waals surface area contributed by atoms with E-state index < -0.39 is 0 Å². The van der Waals surface area contributed by atoms with E-state index in [-0.39, 0.29) is 6.04 Å². The number of nitrogens with zero attached hydrogens (tertiary/aromatic N) is 1. The molecule has 0 spiro atoms. The highest BCUT2D eigenvalue weighted by Crippen LogP contribution is 2.30. The van der Waals surface area contributed by atoms with Crippen molar-refractivity contribution in [1.82, 2.24) is 4.98 Å². The van der Waals surface area contributed by atoms with Crippen molar-refractivity contribution >= 4 is 23.2 Å². The Kier molecular flexibility index (Phi) is 4.59. The van der Waals surface area contributed by atoms with Gasteiger partial charge in [-0.05, 0) is 36.1 Å². The molecule has 0 aliphatic carbocycles. The molecule has 94 valence electrons. The molecule has 0 radical (unpaired) electrons. The summed E-state index contributed by atoms with van der Waals surface area (Å²) in [5.74, 6) is 0. The molecule has 1 aromatic carbocycles. The number of benzene rings is 1. The fourth-order valence-corrected chi connectivity index (χ4v) is 2.28. The Hall–Kier alpha value is -1.09. The summed E-state index contributed by atoms with van der Waals surface area (Å²) in [6, 6.07) is 9.40. The molecule has 18 heavy (non-hydrogen) atoms. The number of hydrogen-bond acceptors (Lipinski definition) is 2. The van der Waals surface area contributed by atoms with Crippen LogP contribution in [0.5, 0.6) is 0 Å². The van der Waals surface area contributed by atoms with Gasteiger partial charge in [-0.15, -0.1) is 0 Å². The summed E-state index contributed by atoms with van der Waals surface area (Å²) in [5, 5.41) is 1.10. The first-order valence-electron chi connectivity index (χ1n) is 5.77. The molecule has 0 amide bonds. The van der Waals surface area contributed by atoms with E-state index in [4.69, 9.17) is 28.9 Å². The number of rotatable bonds is 4. The van der Waals surface area contributed by atoms with Gasteiger partial charge in [0.15, 0.2) is 0 Å². The molecule has 4 heteroatoms. The van der Waals surface area contributed by atoms with E-state index in [2.05, 4.69) is 4.98 Å². The molecule has 0 saturated carbocycles. The molecule has 2 rings (SSSR count). The minimum Gasteiger partial charge on any atom is -0.324 e. The van der Waals surface area contributed by atoms with Crippen LogP contribution in [-0.2, 0) is 6.42 Å². The summed E-state index contributed by atoms with van der Waals surface area (Å²) < 4.78 is 0. The second kappa shape index (κ2) is 6.19. The Morgan fingerprint density at radius 3 is 2.72 bits per heavy atom. The van der Waals surface area contributed by atoms with Crippen LogP contribution in [0.1, 0.15) is 23.6 Å². The highest BCUT2D eigenvalue weighted by molar-refractivity contribution is 6.42. The number of halogens is 2. The Bertz CT molecular complexity index is 514. The van der Waals surface area contributed by atoms with Crippen LogP contribution in [0, 0.1) is 0 Å². The lowest BCUT2D eigenvalue weighted by molar-refractivity contribution is 0.650. The molecule has 2 N–H and O–H groups in total. The topological polar surface area (TPSA) is 38.9 Å². The normalized spacial score (nSPS) is 12.4. The number of hydrogen-bond donors (Lipinski definition) is 1. The van der Waals surface area contributed by atoms with Gasteiger partial charge in [0, 0.05) is 18.4 Å². The molecule has 0 fully saturated rings. The third-order valence-corrected chi connectivity index (χ3v) is 3.68. The van der Waals surface area contributed by atoms with Gasteiger partial charge in [0.05, 0.1) is 10.0 Å². The lowest BCUT2D eigenvalue weighted by Crippen LogP contribution is -2.12. The minimum absolute atomic E-state index is 0.114. The third-order valence-electron chi connectivity index (χ3n) is 2.85. The highest BCUT2D eigenvalue weighted by Gasteiger charge is 2.12. The average molecular weight is 281 g/mol. The van der Waals surface area contributed by atoms with Crippen molar-refractivity contribution in [2.45, 2.75) is 18.9 Å². The van der Waals surface area contributed by atoms with E-state index in [1.165, 1.54) is 5.56 Å². The molecule has 2 aromatic rings. The molecule has 1 aromatic heterocycles. The summed E-state index contributed by atoms with van der Waals surface area (Å²) in [7, 11) is 0. The van der Waals surface area contributed by atoms with E-state index in [1.807, 2.05) is 30.5 Å². The van der Waals surface area contributed by atoms with Crippen molar-refractivity contribution in [1.29, 1.82) is 0 Å². The van der Waals surface area contributed by atoms with Crippen molar-refractivity contribution < 1.29 is 0 Å². The maximum Gasteiger partial charge on any atom is 0.0640 e. The van der Waals surface area contributed by atoms with Crippen molar-refractivity contribution in [2.75, 3.05) is 0 Å². The SMILES string of the molecule is NC(CCc1cccnc1)c1cccc(Cl)c1Cl. The van der Waals surface area contributed by atoms with Crippen LogP contribution in [0.2, 0.25) is 10.0 Å². The fraction of sp³-hybridized carbons (Fsp3) is 0.214. The van der Waals surface area contributed by atoms with Gasteiger partial charge in [-0.25, -0.2) is 0 Å². The van der Waals surface area contributed by atoms with Crippen molar-refractivity contribution in [3.05, 3.63) is 63.9 Å². The first kappa shape index (κ1) is 13.3. The maximum absolute atomic E-state index is 6.15. The van der Waals surface area contributed by atoms with E-state index in [9.17, 15) is 0 Å². The van der Waals surface area contributed by atoms with E-state index in [0.29, 0.717) is 10.0 Å². The predicted octanol–water partition coefficient (Wildman–Crippen LogP) is 4.02. The molecule has 1 atom stereocenters. The van der Waals surface area contributed by atoms with Gasteiger partial charge in [0.25, 0.3) is 0 Å². The molecule has 0 aliphatic rings. The molecule has 1 unspecified atom stereocenters. The molecule has 2 nitrogen and oxygen atoms in total. The van der Waals surface area contributed by atoms with Crippen LogP contribution in [0.25, 0.3) is 0 Å². The van der Waals surface area contributed by atoms with Gasteiger partial charge in [-0.1, -0.05) is 41.4 Å². The van der Waals surface area contributed by atoms with Crippen LogP contribution in [0.3, 0.4) is 0 Å². The molecule has 0 aliphatic heterocycles. The van der Waals surface area contributed by atoms with Crippen LogP contribution >= 0.6 is 23.2 Å². The lowest BCUT2D eigenvalue weighted by atomic mass is 10.0. The first-order valence-corrected chi connectivity index (χ1v) is 6.52. The Morgan fingerprint density at radius 2 is 2.00 bits per heavy atom. The monoisotopic (exact) mass is 280 g/mol. The largest absolute Gasteiger partial charge is 0.324 e. The predicted molar refractivity (Wildman–Crippen MR) is 75.9 cm³/mol. The highest BCUT2D eigenvalue weighted by atomic mass is 35.5. The zero-order chi connectivity index (χ0) is 13.0. The van der Waals surface area contributed by atoms with Gasteiger partial charge in [-0.2, -0.15) is 0 Å². The number of pyridine rings is 1.